The van der Waals surface area contributed by atoms with Crippen molar-refractivity contribution < 1.29 is 40.9 Å². The molecule has 30 heavy (non-hydrogen) atoms. The molecule has 6 nitrogen and oxygen atoms in total. The van der Waals surface area contributed by atoms with Crippen molar-refractivity contribution in [1.82, 2.24) is 4.90 Å². The monoisotopic (exact) mass is 434 g/mol. The molecule has 2 aliphatic rings. The molecule has 0 saturated carbocycles. The van der Waals surface area contributed by atoms with Crippen LogP contribution in [0.25, 0.3) is 0 Å². The molecule has 1 aromatic carbocycles. The molecule has 0 amide bonds. The van der Waals surface area contributed by atoms with E-state index in [2.05, 4.69) is 0 Å². The predicted octanol–water partition coefficient (Wildman–Crippen LogP) is 3.56. The fourth-order valence-electron chi connectivity index (χ4n) is 2.88. The van der Waals surface area contributed by atoms with Crippen LogP contribution >= 0.6 is 0 Å². The molecule has 0 bridgehead atoms. The third kappa shape index (κ3) is 4.75. The number of esters is 1. The highest BCUT2D eigenvalue weighted by molar-refractivity contribution is 5.76. The number of carbonyl (C=O) groups is 1. The van der Waals surface area contributed by atoms with Crippen LogP contribution in [0.5, 0.6) is 11.5 Å². The molecule has 6 heteroatoms. The molecule has 1 fully saturated rings. The van der Waals surface area contributed by atoms with Crippen LogP contribution < -0.4 is 15.2 Å². The van der Waals surface area contributed by atoms with Gasteiger partial charge in [0.2, 0.25) is 0 Å². The van der Waals surface area contributed by atoms with Gasteiger partial charge in [0, 0.05) is 43.6 Å². The molecule has 1 aromatic rings. The Balaban J connectivity index is 2.69. The Bertz CT molecular complexity index is 1400. The second kappa shape index (κ2) is 9.56. The van der Waals surface area contributed by atoms with Crippen molar-refractivity contribution in [2.75, 3.05) is 27.1 Å². The van der Waals surface area contributed by atoms with Crippen molar-refractivity contribution in [3.63, 3.8) is 0 Å². The van der Waals surface area contributed by atoms with Gasteiger partial charge in [0.05, 0.1) is 23.7 Å². The zero-order valence-electron chi connectivity index (χ0n) is 33.6. The number of hydrogen-bond acceptors (Lipinski definition) is 6. The van der Waals surface area contributed by atoms with E-state index in [1.165, 1.54) is 27.7 Å². The van der Waals surface area contributed by atoms with Crippen LogP contribution in [0.3, 0.4) is 0 Å². The van der Waals surface area contributed by atoms with Crippen molar-refractivity contribution in [2.45, 2.75) is 65.0 Å². The van der Waals surface area contributed by atoms with E-state index < -0.39 is 116 Å². The molecular weight excluding hydrogens is 380 g/mol. The second-order valence-corrected chi connectivity index (χ2v) is 7.72. The highest BCUT2D eigenvalue weighted by Crippen LogP contribution is 2.44. The van der Waals surface area contributed by atoms with E-state index in [-0.39, 0.29) is 4.90 Å². The summed E-state index contributed by atoms with van der Waals surface area (Å²) in [6.07, 6.45) is -12.1. The number of nitrogens with two attached hydrogens (primary N) is 1. The summed E-state index contributed by atoms with van der Waals surface area (Å²) in [5.74, 6) is -8.16. The maximum Gasteiger partial charge on any atom is 0.323 e. The molecule has 4 atom stereocenters. The third-order valence-electron chi connectivity index (χ3n) is 4.55. The molecule has 3 unspecified atom stereocenters. The van der Waals surface area contributed by atoms with E-state index in [9.17, 15) is 14.4 Å². The average molecular weight is 435 g/mol. The number of fused-ring (bicyclic) bond motifs is 3. The summed E-state index contributed by atoms with van der Waals surface area (Å²) >= 11 is 0. The minimum absolute atomic E-state index is 0.253. The summed E-state index contributed by atoms with van der Waals surface area (Å²) in [6, 6.07) is -7.80. The van der Waals surface area contributed by atoms with Gasteiger partial charge in [-0.05, 0) is 47.8 Å². The van der Waals surface area contributed by atoms with Gasteiger partial charge in [-0.3, -0.25) is 9.69 Å². The lowest BCUT2D eigenvalue weighted by Gasteiger charge is -2.47. The molecule has 2 N–H and O–H groups in total. The Hall–Kier alpha value is -1.79. The zero-order valence-corrected chi connectivity index (χ0v) is 17.6. The molecule has 3 rings (SSSR count). The summed E-state index contributed by atoms with van der Waals surface area (Å²) in [4.78, 5) is 13.0. The molecule has 0 radical (unpaired) electrons. The SMILES string of the molecule is [2H]c1c(OC)c(OC([2H])([2H])[2H])c([2H])c2c1C([2H])([2H])C([2H])([2H])N1C([2H])([2H])C([2H])(CC(C)C)C([2H])(OC(=O)[C@@H](N)C(C)C)C([2H])([2H])C21[2H]. The van der Waals surface area contributed by atoms with E-state index >= 15 is 0 Å². The highest BCUT2D eigenvalue weighted by Gasteiger charge is 2.41. The minimum Gasteiger partial charge on any atom is -0.493 e. The Kier molecular flexibility index (Phi) is 3.12. The standard InChI is InChI=1S/C24H38N2O4/c1-14(2)9-17-13-26-8-7-16-10-21(28-5)22(29-6)11-18(16)19(26)12-20(17)30-24(27)23(25)15(3)4/h10-11,14-15,17,19-20,23H,7-9,12-13,25H2,1-6H3/t17?,19?,20?,23-/m0/s1/i6D3,7D2,8D2,10D,11D,12D2,13D2,17D,19D,20D. The van der Waals surface area contributed by atoms with Crippen molar-refractivity contribution in [1.29, 1.82) is 0 Å². The van der Waals surface area contributed by atoms with Gasteiger partial charge in [-0.15, -0.1) is 0 Å². The molecule has 0 aromatic heterocycles. The van der Waals surface area contributed by atoms with Gasteiger partial charge < -0.3 is 19.9 Å². The van der Waals surface area contributed by atoms with Gasteiger partial charge in [-0.2, -0.15) is 0 Å². The van der Waals surface area contributed by atoms with Gasteiger partial charge in [-0.1, -0.05) is 27.7 Å². The second-order valence-electron chi connectivity index (χ2n) is 7.72. The van der Waals surface area contributed by atoms with E-state index in [1.807, 2.05) is 0 Å². The van der Waals surface area contributed by atoms with Gasteiger partial charge >= 0.3 is 5.97 Å². The van der Waals surface area contributed by atoms with Crippen LogP contribution in [-0.2, 0) is 15.9 Å². The van der Waals surface area contributed by atoms with Crippen LogP contribution in [0.2, 0.25) is 0 Å². The topological polar surface area (TPSA) is 74.0 Å². The number of ether oxygens (including phenoxy) is 3. The van der Waals surface area contributed by atoms with Gasteiger partial charge in [0.25, 0.3) is 0 Å². The number of nitrogens with zero attached hydrogens (tertiary/aromatic N) is 1. The maximum absolute atomic E-state index is 13.3. The molecule has 0 spiro atoms. The largest absolute Gasteiger partial charge is 0.493 e. The van der Waals surface area contributed by atoms with Crippen LogP contribution in [0.1, 0.15) is 79.6 Å². The third-order valence-corrected chi connectivity index (χ3v) is 4.55. The fourth-order valence-corrected chi connectivity index (χ4v) is 2.88. The summed E-state index contributed by atoms with van der Waals surface area (Å²) in [6.45, 7) is -1.67. The van der Waals surface area contributed by atoms with Crippen LogP contribution in [0.15, 0.2) is 12.1 Å². The first-order valence-corrected chi connectivity index (χ1v) is 9.58. The van der Waals surface area contributed by atoms with Gasteiger partial charge in [0.15, 0.2) is 11.5 Å². The minimum atomic E-state index is -3.96. The van der Waals surface area contributed by atoms with Gasteiger partial charge in [-0.25, -0.2) is 0 Å². The fraction of sp³-hybridized carbons (Fsp3) is 0.708. The Labute approximate surface area is 203 Å². The Morgan fingerprint density at radius 1 is 1.37 bits per heavy atom. The number of carbonyl (C=O) groups excluding carboxylic acids is 1. The number of methoxy groups -OCH3 is 2. The lowest BCUT2D eigenvalue weighted by atomic mass is 9.79. The summed E-state index contributed by atoms with van der Waals surface area (Å²) in [5, 5.41) is 0. The number of benzene rings is 1. The molecule has 1 saturated heterocycles. The smallest absolute Gasteiger partial charge is 0.323 e. The Morgan fingerprint density at radius 3 is 2.73 bits per heavy atom. The number of hydrogen-bond donors (Lipinski definition) is 1. The lowest BCUT2D eigenvalue weighted by molar-refractivity contribution is -0.160. The van der Waals surface area contributed by atoms with E-state index in [4.69, 9.17) is 32.3 Å². The molecule has 2 aliphatic heterocycles. The van der Waals surface area contributed by atoms with Gasteiger partial charge in [0.1, 0.15) is 12.1 Å². The highest BCUT2D eigenvalue weighted by atomic mass is 16.5. The first-order chi connectivity index (χ1) is 20.4. The van der Waals surface area contributed by atoms with Crippen molar-refractivity contribution in [3.8, 4) is 11.5 Å². The van der Waals surface area contributed by atoms with Crippen LogP contribution in [0.4, 0.5) is 0 Å². The van der Waals surface area contributed by atoms with Crippen LogP contribution in [0, 0.1) is 17.7 Å². The van der Waals surface area contributed by atoms with E-state index in [0.29, 0.717) is 0 Å². The molecule has 168 valence electrons. The van der Waals surface area contributed by atoms with Crippen molar-refractivity contribution in [3.05, 3.63) is 23.2 Å². The summed E-state index contributed by atoms with van der Waals surface area (Å²) in [7, 11) is -2.44. The first kappa shape index (κ1) is 9.78. The summed E-state index contributed by atoms with van der Waals surface area (Å²) in [5.41, 5.74) is 3.43. The Morgan fingerprint density at radius 2 is 2.10 bits per heavy atom. The molecule has 2 heterocycles. The van der Waals surface area contributed by atoms with Crippen molar-refractivity contribution >= 4 is 5.97 Å². The van der Waals surface area contributed by atoms with E-state index in [0.717, 1.165) is 7.11 Å². The number of piperidine rings is 1. The first-order valence-electron chi connectivity index (χ1n) is 17.6. The predicted molar refractivity (Wildman–Crippen MR) is 118 cm³/mol. The number of rotatable bonds is 7. The lowest BCUT2D eigenvalue weighted by Crippen LogP contribution is -2.51. The summed E-state index contributed by atoms with van der Waals surface area (Å²) < 4.78 is 156. The van der Waals surface area contributed by atoms with Crippen LogP contribution in [-0.4, -0.2) is 50.1 Å². The van der Waals surface area contributed by atoms with E-state index in [1.54, 1.807) is 0 Å². The maximum atomic E-state index is 13.3. The molecule has 0 aliphatic carbocycles. The quantitative estimate of drug-likeness (QED) is 0.662. The normalized spacial score (nSPS) is 47.2. The zero-order chi connectivity index (χ0) is 36.2. The van der Waals surface area contributed by atoms with Crippen molar-refractivity contribution in [2.24, 2.45) is 23.5 Å². The molecular formula is C24H38N2O4. The average Bonchev–Trinajstić information content (AvgIpc) is 2.86.